The van der Waals surface area contributed by atoms with Gasteiger partial charge >= 0.3 is 0 Å². The fraction of sp³-hybridized carbons (Fsp3) is 0.750. The smallest absolute Gasteiger partial charge is 0.153 e. The molecule has 1 aliphatic heterocycles. The summed E-state index contributed by atoms with van der Waals surface area (Å²) in [6, 6.07) is 0. The largest absolute Gasteiger partial charge is 0.396 e. The first kappa shape index (κ1) is 14.0. The van der Waals surface area contributed by atoms with Crippen molar-refractivity contribution in [3.63, 3.8) is 0 Å². The van der Waals surface area contributed by atoms with Gasteiger partial charge < -0.3 is 20.5 Å². The van der Waals surface area contributed by atoms with Crippen LogP contribution in [0.3, 0.4) is 0 Å². The molecule has 0 bridgehead atoms. The highest BCUT2D eigenvalue weighted by Gasteiger charge is 2.19. The van der Waals surface area contributed by atoms with E-state index in [2.05, 4.69) is 11.9 Å². The summed E-state index contributed by atoms with van der Waals surface area (Å²) in [5.41, 5.74) is 6.63. The monoisotopic (exact) mass is 241 g/mol. The van der Waals surface area contributed by atoms with E-state index in [0.717, 1.165) is 25.2 Å². The van der Waals surface area contributed by atoms with E-state index in [4.69, 9.17) is 15.6 Å². The third-order valence-electron chi connectivity index (χ3n) is 2.79. The number of nitrogens with zero attached hydrogens (tertiary/aromatic N) is 2. The number of rotatable bonds is 6. The van der Waals surface area contributed by atoms with Crippen LogP contribution >= 0.6 is 0 Å². The number of aliphatic imine (C=N–C) groups is 1. The van der Waals surface area contributed by atoms with Gasteiger partial charge in [0.1, 0.15) is 5.84 Å². The lowest BCUT2D eigenvalue weighted by atomic mass is 10.2. The maximum atomic E-state index is 9.09. The molecule has 0 saturated carbocycles. The van der Waals surface area contributed by atoms with Gasteiger partial charge in [-0.15, -0.1) is 0 Å². The predicted octanol–water partition coefficient (Wildman–Crippen LogP) is 0.698. The second kappa shape index (κ2) is 7.29. The number of ether oxygens (including phenoxy) is 1. The number of hydrogen-bond acceptors (Lipinski definition) is 5. The van der Waals surface area contributed by atoms with Crippen molar-refractivity contribution in [2.45, 2.75) is 32.4 Å². The van der Waals surface area contributed by atoms with E-state index < -0.39 is 0 Å². The minimum absolute atomic E-state index is 0.105. The number of hydrogen-bond donors (Lipinski definition) is 2. The zero-order chi connectivity index (χ0) is 12.7. The van der Waals surface area contributed by atoms with Gasteiger partial charge in [0.05, 0.1) is 12.3 Å². The molecule has 0 spiro atoms. The van der Waals surface area contributed by atoms with Gasteiger partial charge in [-0.05, 0) is 6.42 Å². The molecule has 5 heteroatoms. The zero-order valence-electron chi connectivity index (χ0n) is 10.7. The minimum Gasteiger partial charge on any atom is -0.396 e. The Kier molecular flexibility index (Phi) is 6.00. The molecule has 5 nitrogen and oxygen atoms in total. The van der Waals surface area contributed by atoms with Crippen LogP contribution in [0.2, 0.25) is 0 Å². The van der Waals surface area contributed by atoms with E-state index in [1.54, 1.807) is 7.11 Å². The van der Waals surface area contributed by atoms with Crippen molar-refractivity contribution < 1.29 is 9.84 Å². The number of aliphatic hydroxyl groups is 1. The molecule has 17 heavy (non-hydrogen) atoms. The van der Waals surface area contributed by atoms with E-state index in [9.17, 15) is 0 Å². The number of dihydropyridines is 1. The minimum atomic E-state index is -0.153. The quantitative estimate of drug-likeness (QED) is 0.718. The highest BCUT2D eigenvalue weighted by molar-refractivity contribution is 5.98. The highest BCUT2D eigenvalue weighted by Crippen LogP contribution is 2.13. The van der Waals surface area contributed by atoms with E-state index in [0.29, 0.717) is 18.7 Å². The molecule has 0 radical (unpaired) electrons. The van der Waals surface area contributed by atoms with Crippen LogP contribution in [-0.2, 0) is 4.74 Å². The molecule has 0 fully saturated rings. The molecule has 1 unspecified atom stereocenters. The standard InChI is InChI=1S/C12H23N3O2/c1-3-4-7-15(8-9-16)12-10(13)5-6-11(14-12)17-2/h5,11,16H,3-4,6-9,13H2,1-2H3. The van der Waals surface area contributed by atoms with Crippen LogP contribution in [0.5, 0.6) is 0 Å². The predicted molar refractivity (Wildman–Crippen MR) is 68.7 cm³/mol. The number of amidine groups is 1. The molecule has 0 aromatic carbocycles. The molecule has 0 saturated heterocycles. The van der Waals surface area contributed by atoms with E-state index in [-0.39, 0.29) is 12.8 Å². The van der Waals surface area contributed by atoms with Crippen LogP contribution in [0.25, 0.3) is 0 Å². The average molecular weight is 241 g/mol. The van der Waals surface area contributed by atoms with Gasteiger partial charge in [-0.2, -0.15) is 0 Å². The maximum Gasteiger partial charge on any atom is 0.153 e. The maximum absolute atomic E-state index is 9.09. The Balaban J connectivity index is 2.75. The molecule has 1 aliphatic rings. The van der Waals surface area contributed by atoms with Crippen molar-refractivity contribution in [3.8, 4) is 0 Å². The molecule has 0 amide bonds. The first-order chi connectivity index (χ1) is 8.22. The molecule has 1 atom stereocenters. The van der Waals surface area contributed by atoms with Crippen molar-refractivity contribution in [2.75, 3.05) is 26.8 Å². The fourth-order valence-corrected chi connectivity index (χ4v) is 1.79. The highest BCUT2D eigenvalue weighted by atomic mass is 16.5. The summed E-state index contributed by atoms with van der Waals surface area (Å²) in [4.78, 5) is 6.50. The Morgan fingerprint density at radius 2 is 2.35 bits per heavy atom. The van der Waals surface area contributed by atoms with Gasteiger partial charge in [-0.25, -0.2) is 4.99 Å². The first-order valence-corrected chi connectivity index (χ1v) is 6.15. The molecule has 0 aromatic heterocycles. The van der Waals surface area contributed by atoms with Crippen LogP contribution < -0.4 is 5.73 Å². The summed E-state index contributed by atoms with van der Waals surface area (Å²) in [6.45, 7) is 3.66. The second-order valence-corrected chi connectivity index (χ2v) is 4.10. The van der Waals surface area contributed by atoms with Gasteiger partial charge in [0.2, 0.25) is 0 Å². The summed E-state index contributed by atoms with van der Waals surface area (Å²) in [7, 11) is 1.64. The van der Waals surface area contributed by atoms with Crippen molar-refractivity contribution >= 4 is 5.84 Å². The van der Waals surface area contributed by atoms with Crippen LogP contribution in [0.1, 0.15) is 26.2 Å². The lowest BCUT2D eigenvalue weighted by Crippen LogP contribution is -2.40. The van der Waals surface area contributed by atoms with Gasteiger partial charge in [0.25, 0.3) is 0 Å². The van der Waals surface area contributed by atoms with E-state index in [1.165, 1.54) is 0 Å². The summed E-state index contributed by atoms with van der Waals surface area (Å²) < 4.78 is 5.23. The van der Waals surface area contributed by atoms with Crippen LogP contribution in [0.4, 0.5) is 0 Å². The van der Waals surface area contributed by atoms with Crippen LogP contribution in [-0.4, -0.2) is 48.9 Å². The van der Waals surface area contributed by atoms with E-state index >= 15 is 0 Å². The molecular weight excluding hydrogens is 218 g/mol. The van der Waals surface area contributed by atoms with Crippen molar-refractivity contribution in [1.82, 2.24) is 4.90 Å². The molecule has 98 valence electrons. The first-order valence-electron chi connectivity index (χ1n) is 6.15. The number of unbranched alkanes of at least 4 members (excludes halogenated alkanes) is 1. The van der Waals surface area contributed by atoms with Crippen molar-refractivity contribution in [2.24, 2.45) is 10.7 Å². The Morgan fingerprint density at radius 3 is 2.94 bits per heavy atom. The molecule has 1 heterocycles. The van der Waals surface area contributed by atoms with Gasteiger partial charge in [-0.1, -0.05) is 19.4 Å². The lowest BCUT2D eigenvalue weighted by molar-refractivity contribution is 0.109. The Hall–Kier alpha value is -1.07. The van der Waals surface area contributed by atoms with Crippen molar-refractivity contribution in [3.05, 3.63) is 11.8 Å². The molecule has 0 aromatic rings. The van der Waals surface area contributed by atoms with Crippen LogP contribution in [0, 0.1) is 0 Å². The molecule has 3 N–H and O–H groups in total. The Morgan fingerprint density at radius 1 is 1.59 bits per heavy atom. The number of aliphatic hydroxyl groups excluding tert-OH is 1. The number of nitrogens with two attached hydrogens (primary N) is 1. The second-order valence-electron chi connectivity index (χ2n) is 4.10. The summed E-state index contributed by atoms with van der Waals surface area (Å²) in [5.74, 6) is 0.755. The van der Waals surface area contributed by atoms with Crippen molar-refractivity contribution in [1.29, 1.82) is 0 Å². The van der Waals surface area contributed by atoms with Gasteiger partial charge in [0, 0.05) is 26.6 Å². The summed E-state index contributed by atoms with van der Waals surface area (Å²) in [5, 5.41) is 9.09. The fourth-order valence-electron chi connectivity index (χ4n) is 1.79. The third kappa shape index (κ3) is 4.02. The average Bonchev–Trinajstić information content (AvgIpc) is 2.35. The zero-order valence-corrected chi connectivity index (χ0v) is 10.7. The van der Waals surface area contributed by atoms with Gasteiger partial charge in [0.15, 0.2) is 6.23 Å². The van der Waals surface area contributed by atoms with Crippen LogP contribution in [0.15, 0.2) is 16.8 Å². The van der Waals surface area contributed by atoms with E-state index in [1.807, 2.05) is 11.0 Å². The van der Waals surface area contributed by atoms with Gasteiger partial charge in [-0.3, -0.25) is 0 Å². The summed E-state index contributed by atoms with van der Waals surface area (Å²) >= 11 is 0. The summed E-state index contributed by atoms with van der Waals surface area (Å²) in [6.07, 6.45) is 4.66. The Labute approximate surface area is 103 Å². The molecular formula is C12H23N3O2. The molecule has 0 aliphatic carbocycles. The Bertz CT molecular complexity index is 289. The number of methoxy groups -OCH3 is 1. The molecule has 1 rings (SSSR count). The normalized spacial score (nSPS) is 19.8. The third-order valence-corrected chi connectivity index (χ3v) is 2.79. The topological polar surface area (TPSA) is 71.1 Å². The lowest BCUT2D eigenvalue weighted by Gasteiger charge is -2.29. The SMILES string of the molecule is CCCCN(CCO)C1=NC(OC)CC=C1N.